The van der Waals surface area contributed by atoms with E-state index in [0.717, 1.165) is 6.42 Å². The first kappa shape index (κ1) is 13.2. The molecule has 14 heavy (non-hydrogen) atoms. The zero-order valence-electron chi connectivity index (χ0n) is 8.94. The molecule has 0 fully saturated rings. The Hall–Kier alpha value is -0.790. The molecule has 0 saturated heterocycles. The molecule has 1 aromatic rings. The lowest BCUT2D eigenvalue weighted by Crippen LogP contribution is -1.96. The molecule has 1 rings (SSSR count). The van der Waals surface area contributed by atoms with Crippen molar-refractivity contribution in [2.75, 3.05) is 0 Å². The molecule has 1 nitrogen and oxygen atoms in total. The van der Waals surface area contributed by atoms with Gasteiger partial charge in [-0.1, -0.05) is 18.2 Å². The summed E-state index contributed by atoms with van der Waals surface area (Å²) in [5.41, 5.74) is 5.23. The van der Waals surface area contributed by atoms with Crippen molar-refractivity contribution in [2.24, 2.45) is 0 Å². The van der Waals surface area contributed by atoms with E-state index in [2.05, 4.69) is 32.6 Å². The van der Waals surface area contributed by atoms with Crippen LogP contribution >= 0.6 is 11.6 Å². The van der Waals surface area contributed by atoms with Gasteiger partial charge in [-0.05, 0) is 42.5 Å². The summed E-state index contributed by atoms with van der Waals surface area (Å²) >= 11 is 5.86. The van der Waals surface area contributed by atoms with Gasteiger partial charge in [-0.2, -0.15) is 0 Å². The maximum Gasteiger partial charge on any atom is 0.0477 e. The van der Waals surface area contributed by atoms with Crippen LogP contribution in [0.2, 0.25) is 0 Å². The van der Waals surface area contributed by atoms with E-state index in [1.807, 2.05) is 6.08 Å². The summed E-state index contributed by atoms with van der Waals surface area (Å²) in [5.74, 6) is 0.588. The van der Waals surface area contributed by atoms with Gasteiger partial charge < -0.3 is 6.15 Å². The zero-order valence-corrected chi connectivity index (χ0v) is 9.69. The minimum absolute atomic E-state index is 0. The van der Waals surface area contributed by atoms with Crippen LogP contribution in [0.15, 0.2) is 24.8 Å². The quantitative estimate of drug-likeness (QED) is 0.597. The molecule has 0 aliphatic heterocycles. The maximum atomic E-state index is 5.86. The Morgan fingerprint density at radius 1 is 1.36 bits per heavy atom. The molecule has 0 unspecified atom stereocenters. The van der Waals surface area contributed by atoms with Crippen molar-refractivity contribution in [2.45, 2.75) is 26.1 Å². The van der Waals surface area contributed by atoms with Crippen LogP contribution in [0.25, 0.3) is 0 Å². The summed E-state index contributed by atoms with van der Waals surface area (Å²) in [7, 11) is 0. The minimum atomic E-state index is 0. The Bertz CT molecular complexity index is 318. The summed E-state index contributed by atoms with van der Waals surface area (Å²) < 4.78 is 0. The van der Waals surface area contributed by atoms with Crippen LogP contribution in [0.4, 0.5) is 0 Å². The highest BCUT2D eigenvalue weighted by molar-refractivity contribution is 6.17. The Labute approximate surface area is 91.4 Å². The van der Waals surface area contributed by atoms with Gasteiger partial charge in [0.1, 0.15) is 0 Å². The standard InChI is InChI=1S/C12H15Cl.H3N/c1-4-5-12-10(3)9(2)6-7-11(12)8-13;/h4,6-7H,1,5,8H2,2-3H3;1H3. The molecule has 0 saturated carbocycles. The monoisotopic (exact) mass is 211 g/mol. The molecular formula is C12H18ClN. The average molecular weight is 212 g/mol. The first-order valence-electron chi connectivity index (χ1n) is 4.45. The third-order valence-corrected chi connectivity index (χ3v) is 2.75. The fourth-order valence-corrected chi connectivity index (χ4v) is 1.73. The SMILES string of the molecule is C=CCc1c(CCl)ccc(C)c1C.N. The molecule has 0 bridgehead atoms. The summed E-state index contributed by atoms with van der Waals surface area (Å²) in [4.78, 5) is 0. The third kappa shape index (κ3) is 2.60. The van der Waals surface area contributed by atoms with Gasteiger partial charge in [0.15, 0.2) is 0 Å². The van der Waals surface area contributed by atoms with Gasteiger partial charge in [0.05, 0.1) is 0 Å². The van der Waals surface area contributed by atoms with E-state index in [1.165, 1.54) is 22.3 Å². The molecule has 0 heterocycles. The molecule has 1 aromatic carbocycles. The van der Waals surface area contributed by atoms with Crippen molar-refractivity contribution >= 4 is 11.6 Å². The van der Waals surface area contributed by atoms with Crippen molar-refractivity contribution in [3.05, 3.63) is 47.0 Å². The van der Waals surface area contributed by atoms with E-state index >= 15 is 0 Å². The largest absolute Gasteiger partial charge is 0.344 e. The number of alkyl halides is 1. The highest BCUT2D eigenvalue weighted by Gasteiger charge is 2.05. The molecule has 0 radical (unpaired) electrons. The zero-order chi connectivity index (χ0) is 9.84. The van der Waals surface area contributed by atoms with E-state index < -0.39 is 0 Å². The first-order valence-corrected chi connectivity index (χ1v) is 4.99. The highest BCUT2D eigenvalue weighted by atomic mass is 35.5. The van der Waals surface area contributed by atoms with Crippen LogP contribution in [-0.2, 0) is 12.3 Å². The number of rotatable bonds is 3. The predicted octanol–water partition coefficient (Wildman–Crippen LogP) is 3.93. The fraction of sp³-hybridized carbons (Fsp3) is 0.333. The van der Waals surface area contributed by atoms with Crippen molar-refractivity contribution in [1.82, 2.24) is 6.15 Å². The Morgan fingerprint density at radius 2 is 2.00 bits per heavy atom. The average Bonchev–Trinajstić information content (AvgIpc) is 2.14. The van der Waals surface area contributed by atoms with Crippen molar-refractivity contribution < 1.29 is 0 Å². The van der Waals surface area contributed by atoms with Crippen LogP contribution in [0.5, 0.6) is 0 Å². The van der Waals surface area contributed by atoms with E-state index in [9.17, 15) is 0 Å². The van der Waals surface area contributed by atoms with Gasteiger partial charge in [0, 0.05) is 5.88 Å². The van der Waals surface area contributed by atoms with Crippen molar-refractivity contribution in [3.8, 4) is 0 Å². The molecule has 2 heteroatoms. The van der Waals surface area contributed by atoms with Crippen molar-refractivity contribution in [1.29, 1.82) is 0 Å². The molecule has 78 valence electrons. The predicted molar refractivity (Wildman–Crippen MR) is 64.4 cm³/mol. The smallest absolute Gasteiger partial charge is 0.0477 e. The number of halogens is 1. The van der Waals surface area contributed by atoms with Gasteiger partial charge in [-0.15, -0.1) is 18.2 Å². The number of benzene rings is 1. The molecule has 0 aromatic heterocycles. The van der Waals surface area contributed by atoms with E-state index in [0.29, 0.717) is 5.88 Å². The summed E-state index contributed by atoms with van der Waals surface area (Å²) in [6.07, 6.45) is 2.84. The second kappa shape index (κ2) is 5.84. The van der Waals surface area contributed by atoms with Crippen LogP contribution in [-0.4, -0.2) is 0 Å². The van der Waals surface area contributed by atoms with E-state index in [1.54, 1.807) is 0 Å². The molecular weight excluding hydrogens is 194 g/mol. The highest BCUT2D eigenvalue weighted by Crippen LogP contribution is 2.20. The van der Waals surface area contributed by atoms with Gasteiger partial charge in [-0.3, -0.25) is 0 Å². The molecule has 0 amide bonds. The third-order valence-electron chi connectivity index (χ3n) is 2.46. The van der Waals surface area contributed by atoms with Gasteiger partial charge >= 0.3 is 0 Å². The van der Waals surface area contributed by atoms with Crippen LogP contribution in [0, 0.1) is 13.8 Å². The van der Waals surface area contributed by atoms with Gasteiger partial charge in [0.2, 0.25) is 0 Å². The Kier molecular flexibility index (Phi) is 5.51. The molecule has 0 aliphatic carbocycles. The second-order valence-corrected chi connectivity index (χ2v) is 3.54. The molecule has 0 spiro atoms. The topological polar surface area (TPSA) is 35.0 Å². The number of aryl methyl sites for hydroxylation is 1. The van der Waals surface area contributed by atoms with Crippen molar-refractivity contribution in [3.63, 3.8) is 0 Å². The van der Waals surface area contributed by atoms with Crippen LogP contribution in [0.3, 0.4) is 0 Å². The number of allylic oxidation sites excluding steroid dienone is 1. The minimum Gasteiger partial charge on any atom is -0.344 e. The summed E-state index contributed by atoms with van der Waals surface area (Å²) in [6, 6.07) is 4.23. The van der Waals surface area contributed by atoms with Crippen LogP contribution < -0.4 is 6.15 Å². The van der Waals surface area contributed by atoms with Gasteiger partial charge in [-0.25, -0.2) is 0 Å². The molecule has 0 aliphatic rings. The number of hydrogen-bond donors (Lipinski definition) is 1. The van der Waals surface area contributed by atoms with Crippen LogP contribution in [0.1, 0.15) is 22.3 Å². The maximum absolute atomic E-state index is 5.86. The van der Waals surface area contributed by atoms with E-state index in [4.69, 9.17) is 11.6 Å². The summed E-state index contributed by atoms with van der Waals surface area (Å²) in [6.45, 7) is 8.03. The summed E-state index contributed by atoms with van der Waals surface area (Å²) in [5, 5.41) is 0. The first-order chi connectivity index (χ1) is 6.20. The normalized spacial score (nSPS) is 9.36. The lowest BCUT2D eigenvalue weighted by molar-refractivity contribution is 1.13. The van der Waals surface area contributed by atoms with Gasteiger partial charge in [0.25, 0.3) is 0 Å². The number of hydrogen-bond acceptors (Lipinski definition) is 1. The lowest BCUT2D eigenvalue weighted by Gasteiger charge is -2.11. The second-order valence-electron chi connectivity index (χ2n) is 3.27. The Morgan fingerprint density at radius 3 is 2.50 bits per heavy atom. The molecule has 3 N–H and O–H groups in total. The van der Waals surface area contributed by atoms with E-state index in [-0.39, 0.29) is 6.15 Å². The molecule has 0 atom stereocenters. The fourth-order valence-electron chi connectivity index (χ4n) is 1.48. The lowest BCUT2D eigenvalue weighted by atomic mass is 9.96. The Balaban J connectivity index is 0.00000169.